The Morgan fingerprint density at radius 3 is 2.14 bits per heavy atom. The molecule has 2 fully saturated rings. The molecule has 120 valence electrons. The van der Waals surface area contributed by atoms with Gasteiger partial charge in [0.1, 0.15) is 5.75 Å². The molecule has 2 heterocycles. The zero-order valence-electron chi connectivity index (χ0n) is 13.1. The summed E-state index contributed by atoms with van der Waals surface area (Å²) in [6, 6.07) is 7.47. The zero-order valence-corrected chi connectivity index (χ0v) is 13.1. The highest BCUT2D eigenvalue weighted by Gasteiger charge is 2.27. The standard InChI is InChI=1S/C16H24N4O2/c1-17-5-7-19(8-6-17)16(22)20-11-9-18(10-12-20)14-3-2-4-15(21)13-14/h2-4,13,21H,5-12H2,1H3. The molecular formula is C16H24N4O2. The summed E-state index contributed by atoms with van der Waals surface area (Å²) in [5.74, 6) is 0.286. The zero-order chi connectivity index (χ0) is 15.5. The van der Waals surface area contributed by atoms with Gasteiger partial charge in [0, 0.05) is 64.1 Å². The molecule has 6 heteroatoms. The highest BCUT2D eigenvalue weighted by Crippen LogP contribution is 2.21. The number of phenolic OH excluding ortho intramolecular Hbond substituents is 1. The molecule has 0 spiro atoms. The molecular weight excluding hydrogens is 280 g/mol. The Morgan fingerprint density at radius 1 is 0.955 bits per heavy atom. The molecule has 2 aliphatic rings. The Bertz CT molecular complexity index is 521. The maximum absolute atomic E-state index is 12.5. The van der Waals surface area contributed by atoms with Gasteiger partial charge in [0.15, 0.2) is 0 Å². The molecule has 1 aromatic rings. The number of carbonyl (C=O) groups is 1. The molecule has 0 aromatic heterocycles. The average Bonchev–Trinajstić information content (AvgIpc) is 2.55. The minimum absolute atomic E-state index is 0.170. The van der Waals surface area contributed by atoms with Crippen LogP contribution in [0.2, 0.25) is 0 Å². The van der Waals surface area contributed by atoms with Crippen LogP contribution in [0.4, 0.5) is 10.5 Å². The Hall–Kier alpha value is -1.95. The van der Waals surface area contributed by atoms with Gasteiger partial charge in [-0.2, -0.15) is 0 Å². The molecule has 3 rings (SSSR count). The van der Waals surface area contributed by atoms with Crippen molar-refractivity contribution in [3.63, 3.8) is 0 Å². The van der Waals surface area contributed by atoms with Crippen LogP contribution in [0.15, 0.2) is 24.3 Å². The molecule has 2 aliphatic heterocycles. The van der Waals surface area contributed by atoms with Crippen LogP contribution in [0.3, 0.4) is 0 Å². The summed E-state index contributed by atoms with van der Waals surface area (Å²) in [4.78, 5) is 20.9. The van der Waals surface area contributed by atoms with Gasteiger partial charge in [-0.1, -0.05) is 6.07 Å². The summed E-state index contributed by atoms with van der Waals surface area (Å²) in [6.45, 7) is 6.64. The first kappa shape index (κ1) is 15.0. The number of piperazine rings is 2. The van der Waals surface area contributed by atoms with Gasteiger partial charge in [-0.25, -0.2) is 4.79 Å². The number of nitrogens with zero attached hydrogens (tertiary/aromatic N) is 4. The third-order valence-corrected chi connectivity index (χ3v) is 4.52. The maximum Gasteiger partial charge on any atom is 0.320 e. The molecule has 0 aliphatic carbocycles. The van der Waals surface area contributed by atoms with Crippen LogP contribution in [-0.2, 0) is 0 Å². The number of urea groups is 1. The number of likely N-dealkylation sites (N-methyl/N-ethyl adjacent to an activating group) is 1. The van der Waals surface area contributed by atoms with Gasteiger partial charge in [0.2, 0.25) is 0 Å². The second-order valence-corrected chi connectivity index (χ2v) is 6.07. The first-order chi connectivity index (χ1) is 10.6. The molecule has 2 amide bonds. The molecule has 0 unspecified atom stereocenters. The van der Waals surface area contributed by atoms with Crippen molar-refractivity contribution in [3.8, 4) is 5.75 Å². The lowest BCUT2D eigenvalue weighted by Crippen LogP contribution is -2.56. The van der Waals surface area contributed by atoms with Crippen molar-refractivity contribution in [3.05, 3.63) is 24.3 Å². The SMILES string of the molecule is CN1CCN(C(=O)N2CCN(c3cccc(O)c3)CC2)CC1. The van der Waals surface area contributed by atoms with Gasteiger partial charge in [-0.05, 0) is 19.2 Å². The summed E-state index contributed by atoms with van der Waals surface area (Å²) < 4.78 is 0. The molecule has 0 radical (unpaired) electrons. The molecule has 22 heavy (non-hydrogen) atoms. The third-order valence-electron chi connectivity index (χ3n) is 4.52. The van der Waals surface area contributed by atoms with E-state index in [1.165, 1.54) is 0 Å². The van der Waals surface area contributed by atoms with Gasteiger partial charge >= 0.3 is 6.03 Å². The number of phenols is 1. The van der Waals surface area contributed by atoms with E-state index in [0.717, 1.165) is 58.0 Å². The van der Waals surface area contributed by atoms with Crippen molar-refractivity contribution in [2.75, 3.05) is 64.3 Å². The van der Waals surface area contributed by atoms with Crippen molar-refractivity contribution < 1.29 is 9.90 Å². The van der Waals surface area contributed by atoms with Crippen LogP contribution < -0.4 is 4.90 Å². The quantitative estimate of drug-likeness (QED) is 0.837. The van der Waals surface area contributed by atoms with E-state index in [1.54, 1.807) is 12.1 Å². The largest absolute Gasteiger partial charge is 0.508 e. The van der Waals surface area contributed by atoms with Gasteiger partial charge in [-0.15, -0.1) is 0 Å². The minimum atomic E-state index is 0.170. The predicted octanol–water partition coefficient (Wildman–Crippen LogP) is 0.882. The number of hydrogen-bond acceptors (Lipinski definition) is 4. The molecule has 0 atom stereocenters. The van der Waals surface area contributed by atoms with Gasteiger partial charge in [-0.3, -0.25) is 0 Å². The number of aromatic hydroxyl groups is 1. The summed E-state index contributed by atoms with van der Waals surface area (Å²) in [6.07, 6.45) is 0. The monoisotopic (exact) mass is 304 g/mol. The second-order valence-electron chi connectivity index (χ2n) is 6.07. The molecule has 1 N–H and O–H groups in total. The van der Waals surface area contributed by atoms with E-state index < -0.39 is 0 Å². The highest BCUT2D eigenvalue weighted by atomic mass is 16.3. The lowest BCUT2D eigenvalue weighted by Gasteiger charge is -2.40. The highest BCUT2D eigenvalue weighted by molar-refractivity contribution is 5.75. The predicted molar refractivity (Wildman–Crippen MR) is 86.4 cm³/mol. The summed E-state index contributed by atoms with van der Waals surface area (Å²) in [7, 11) is 2.09. The molecule has 0 saturated carbocycles. The van der Waals surface area contributed by atoms with E-state index in [9.17, 15) is 9.90 Å². The van der Waals surface area contributed by atoms with Gasteiger partial charge in [0.05, 0.1) is 0 Å². The Morgan fingerprint density at radius 2 is 1.55 bits per heavy atom. The van der Waals surface area contributed by atoms with Crippen LogP contribution in [0, 0.1) is 0 Å². The number of anilines is 1. The number of rotatable bonds is 1. The van der Waals surface area contributed by atoms with E-state index in [4.69, 9.17) is 0 Å². The van der Waals surface area contributed by atoms with E-state index >= 15 is 0 Å². The molecule has 0 bridgehead atoms. The number of hydrogen-bond donors (Lipinski definition) is 1. The Kier molecular flexibility index (Phi) is 4.38. The van der Waals surface area contributed by atoms with Crippen LogP contribution >= 0.6 is 0 Å². The first-order valence-corrected chi connectivity index (χ1v) is 7.90. The fraction of sp³-hybridized carbons (Fsp3) is 0.562. The molecule has 1 aromatic carbocycles. The summed E-state index contributed by atoms with van der Waals surface area (Å²) in [5, 5.41) is 9.57. The number of benzene rings is 1. The van der Waals surface area contributed by atoms with Crippen LogP contribution in [0.25, 0.3) is 0 Å². The summed E-state index contributed by atoms with van der Waals surface area (Å²) in [5.41, 5.74) is 1.02. The molecule has 6 nitrogen and oxygen atoms in total. The van der Waals surface area contributed by atoms with E-state index in [-0.39, 0.29) is 11.8 Å². The fourth-order valence-electron chi connectivity index (χ4n) is 3.04. The van der Waals surface area contributed by atoms with Crippen molar-refractivity contribution >= 4 is 11.7 Å². The van der Waals surface area contributed by atoms with Crippen LogP contribution in [0.1, 0.15) is 0 Å². The van der Waals surface area contributed by atoms with E-state index in [2.05, 4.69) is 16.8 Å². The topological polar surface area (TPSA) is 50.3 Å². The van der Waals surface area contributed by atoms with Crippen LogP contribution in [-0.4, -0.2) is 85.2 Å². The molecule has 2 saturated heterocycles. The average molecular weight is 304 g/mol. The number of amides is 2. The lowest BCUT2D eigenvalue weighted by atomic mass is 10.2. The first-order valence-electron chi connectivity index (χ1n) is 7.90. The van der Waals surface area contributed by atoms with E-state index in [0.29, 0.717) is 0 Å². The van der Waals surface area contributed by atoms with Crippen molar-refractivity contribution in [1.29, 1.82) is 0 Å². The van der Waals surface area contributed by atoms with Gasteiger partial charge in [0.25, 0.3) is 0 Å². The maximum atomic E-state index is 12.5. The van der Waals surface area contributed by atoms with Crippen molar-refractivity contribution in [2.45, 2.75) is 0 Å². The van der Waals surface area contributed by atoms with Crippen molar-refractivity contribution in [2.24, 2.45) is 0 Å². The minimum Gasteiger partial charge on any atom is -0.508 e. The Balaban J connectivity index is 1.54. The number of carbonyl (C=O) groups excluding carboxylic acids is 1. The lowest BCUT2D eigenvalue weighted by molar-refractivity contribution is 0.120. The summed E-state index contributed by atoms with van der Waals surface area (Å²) >= 11 is 0. The fourth-order valence-corrected chi connectivity index (χ4v) is 3.04. The Labute approximate surface area is 131 Å². The smallest absolute Gasteiger partial charge is 0.320 e. The second kappa shape index (κ2) is 6.44. The third kappa shape index (κ3) is 3.27. The van der Waals surface area contributed by atoms with E-state index in [1.807, 2.05) is 21.9 Å². The van der Waals surface area contributed by atoms with Crippen molar-refractivity contribution in [1.82, 2.24) is 14.7 Å². The normalized spacial score (nSPS) is 20.3. The van der Waals surface area contributed by atoms with Crippen LogP contribution in [0.5, 0.6) is 5.75 Å². The van der Waals surface area contributed by atoms with Gasteiger partial charge < -0.3 is 24.7 Å².